The second kappa shape index (κ2) is 19.4. The molecule has 0 aliphatic carbocycles. The van der Waals surface area contributed by atoms with Crippen LogP contribution in [-0.4, -0.2) is 81.6 Å². The number of methoxy groups -OCH3 is 1. The summed E-state index contributed by atoms with van der Waals surface area (Å²) in [5.41, 5.74) is 0.278. The number of ether oxygens (including phenoxy) is 1. The smallest absolute Gasteiger partial charge is 0.405 e. The molecule has 0 bridgehead atoms. The third-order valence-corrected chi connectivity index (χ3v) is 11.7. The number of aliphatic hydroxyl groups excluding tert-OH is 1. The van der Waals surface area contributed by atoms with Crippen molar-refractivity contribution in [1.82, 2.24) is 16.0 Å². The van der Waals surface area contributed by atoms with Crippen molar-refractivity contribution in [2.24, 2.45) is 11.8 Å². The van der Waals surface area contributed by atoms with E-state index in [-0.39, 0.29) is 19.9 Å². The van der Waals surface area contributed by atoms with Crippen LogP contribution in [0.15, 0.2) is 54.6 Å². The molecule has 0 aliphatic rings. The second-order valence-corrected chi connectivity index (χ2v) is 17.6. The number of rotatable bonds is 15. The Bertz CT molecular complexity index is 1460. The third kappa shape index (κ3) is 14.5. The number of nitrogens with one attached hydrogen (secondary N) is 3. The molecular formula is C35H48F5N3O7Si. The van der Waals surface area contributed by atoms with Crippen molar-refractivity contribution in [3.05, 3.63) is 65.7 Å². The van der Waals surface area contributed by atoms with Crippen LogP contribution in [0.25, 0.3) is 0 Å². The van der Waals surface area contributed by atoms with Crippen LogP contribution in [0.1, 0.15) is 63.0 Å². The molecule has 2 aromatic rings. The van der Waals surface area contributed by atoms with Gasteiger partial charge in [0.1, 0.15) is 24.4 Å². The number of carbonyl (C=O) groups is 5. The molecule has 0 radical (unpaired) electrons. The highest BCUT2D eigenvalue weighted by Gasteiger charge is 2.52. The molecule has 0 aromatic heterocycles. The van der Waals surface area contributed by atoms with E-state index in [1.165, 1.54) is 57.4 Å². The molecule has 3 amide bonds. The molecule has 284 valence electrons. The third-order valence-electron chi connectivity index (χ3n) is 8.24. The van der Waals surface area contributed by atoms with Crippen molar-refractivity contribution in [3.8, 4) is 5.75 Å². The molecule has 0 saturated heterocycles. The molecule has 0 heterocycles. The van der Waals surface area contributed by atoms with Gasteiger partial charge < -0.3 is 25.8 Å². The summed E-state index contributed by atoms with van der Waals surface area (Å²) in [6, 6.07) is 10.1. The summed E-state index contributed by atoms with van der Waals surface area (Å²) in [5, 5.41) is 16.1. The van der Waals surface area contributed by atoms with Gasteiger partial charge in [-0.3, -0.25) is 24.0 Å². The number of hydrogen-bond acceptors (Lipinski definition) is 7. The first-order valence-corrected chi connectivity index (χ1v) is 19.1. The zero-order chi connectivity index (χ0) is 39.3. The number of Topliss-reactive ketones (excluding diaryl/α,β-unsaturated/α-hetero) is 2. The van der Waals surface area contributed by atoms with Crippen molar-refractivity contribution in [2.45, 2.75) is 83.4 Å². The summed E-state index contributed by atoms with van der Waals surface area (Å²) in [7, 11) is 1.01. The van der Waals surface area contributed by atoms with Crippen LogP contribution in [0.4, 0.5) is 22.0 Å². The second-order valence-electron chi connectivity index (χ2n) is 13.6. The minimum absolute atomic E-state index is 0.111. The summed E-state index contributed by atoms with van der Waals surface area (Å²) in [5.74, 6) is -14.7. The van der Waals surface area contributed by atoms with Gasteiger partial charge in [0.25, 0.3) is 11.8 Å². The fraction of sp³-hybridized carbons (Fsp3) is 0.514. The Balaban J connectivity index is 0.00000167. The number of aliphatic hydroxyl groups is 1. The zero-order valence-electron chi connectivity index (χ0n) is 30.0. The van der Waals surface area contributed by atoms with E-state index < -0.39 is 84.9 Å². The van der Waals surface area contributed by atoms with Crippen molar-refractivity contribution in [2.75, 3.05) is 20.3 Å². The van der Waals surface area contributed by atoms with E-state index in [1.54, 1.807) is 18.2 Å². The van der Waals surface area contributed by atoms with E-state index in [2.05, 4.69) is 44.5 Å². The molecule has 51 heavy (non-hydrogen) atoms. The van der Waals surface area contributed by atoms with Gasteiger partial charge in [-0.25, -0.2) is 0 Å². The van der Waals surface area contributed by atoms with Gasteiger partial charge in [-0.15, -0.1) is 0 Å². The molecule has 0 aliphatic heterocycles. The van der Waals surface area contributed by atoms with E-state index in [9.17, 15) is 51.0 Å². The van der Waals surface area contributed by atoms with Gasteiger partial charge in [-0.05, 0) is 40.8 Å². The average Bonchev–Trinajstić information content (AvgIpc) is 3.06. The maximum absolute atomic E-state index is 14.7. The largest absolute Gasteiger partial charge is 0.497 e. The lowest BCUT2D eigenvalue weighted by Crippen LogP contribution is -2.52. The molecule has 0 fully saturated rings. The normalized spacial score (nSPS) is 13.6. The van der Waals surface area contributed by atoms with Crippen molar-refractivity contribution >= 4 is 38.1 Å². The number of alkyl halides is 5. The van der Waals surface area contributed by atoms with Crippen molar-refractivity contribution in [3.63, 3.8) is 0 Å². The highest BCUT2D eigenvalue weighted by atomic mass is 28.3. The monoisotopic (exact) mass is 745 g/mol. The molecule has 0 unspecified atom stereocenters. The first kappa shape index (κ1) is 44.8. The highest BCUT2D eigenvalue weighted by Crippen LogP contribution is 2.30. The lowest BCUT2D eigenvalue weighted by atomic mass is 9.82. The average molecular weight is 746 g/mol. The van der Waals surface area contributed by atoms with Crippen LogP contribution < -0.4 is 20.7 Å². The van der Waals surface area contributed by atoms with Gasteiger partial charge in [0.05, 0.1) is 13.7 Å². The topological polar surface area (TPSA) is 151 Å². The predicted molar refractivity (Wildman–Crippen MR) is 184 cm³/mol. The van der Waals surface area contributed by atoms with Crippen molar-refractivity contribution < 1.29 is 55.8 Å². The summed E-state index contributed by atoms with van der Waals surface area (Å²) in [6.45, 7) is 11.3. The van der Waals surface area contributed by atoms with Crippen LogP contribution in [-0.2, 0) is 19.2 Å². The summed E-state index contributed by atoms with van der Waals surface area (Å²) < 4.78 is 71.7. The van der Waals surface area contributed by atoms with Gasteiger partial charge in [-0.2, -0.15) is 22.0 Å². The standard InChI is InChI=1S/C29H32F5N3O7.C6H16Si/c1-16(2)20(24(40)29(33,34)27(43)35-15-28(30,31)32)13-22(39)23(17-9-11-19(44-3)12-10-17)37-26(42)21(14-38)36-25(41)18-7-5-4-6-8-18;1-6(2,3)7(4)5/h4-12,16,20-21,23,38H,13-15H2,1-3H3,(H,35,43)(H,36,41)(H,37,42);7H,1-5H3/t20-,21-,23-;/m0./s1. The zero-order valence-corrected chi connectivity index (χ0v) is 31.1. The van der Waals surface area contributed by atoms with Gasteiger partial charge >= 0.3 is 12.1 Å². The highest BCUT2D eigenvalue weighted by molar-refractivity contribution is 6.59. The predicted octanol–water partition coefficient (Wildman–Crippen LogP) is 5.03. The van der Waals surface area contributed by atoms with E-state index in [0.717, 1.165) is 5.32 Å². The number of amides is 3. The van der Waals surface area contributed by atoms with Gasteiger partial charge in [0.15, 0.2) is 5.78 Å². The molecular weight excluding hydrogens is 697 g/mol. The molecule has 2 rings (SSSR count). The number of benzene rings is 2. The lowest BCUT2D eigenvalue weighted by Gasteiger charge is -2.27. The Morgan fingerprint density at radius 2 is 1.39 bits per heavy atom. The van der Waals surface area contributed by atoms with Crippen LogP contribution in [0.5, 0.6) is 5.75 Å². The van der Waals surface area contributed by atoms with E-state index in [4.69, 9.17) is 4.74 Å². The fourth-order valence-corrected chi connectivity index (χ4v) is 4.02. The van der Waals surface area contributed by atoms with Gasteiger partial charge in [0.2, 0.25) is 11.7 Å². The fourth-order valence-electron chi connectivity index (χ4n) is 4.02. The Morgan fingerprint density at radius 1 is 0.863 bits per heavy atom. The molecule has 0 spiro atoms. The first-order valence-electron chi connectivity index (χ1n) is 16.2. The minimum Gasteiger partial charge on any atom is -0.497 e. The van der Waals surface area contributed by atoms with Crippen LogP contribution in [0.2, 0.25) is 18.1 Å². The molecule has 2 aromatic carbocycles. The Kier molecular flexibility index (Phi) is 17.1. The summed E-state index contributed by atoms with van der Waals surface area (Å²) >= 11 is 0. The summed E-state index contributed by atoms with van der Waals surface area (Å²) in [4.78, 5) is 63.8. The van der Waals surface area contributed by atoms with Crippen LogP contribution in [0.3, 0.4) is 0 Å². The SMILES string of the molecule is COc1ccc([C@H](NC(=O)[C@H](CO)NC(=O)c2ccccc2)C(=O)C[C@H](C(=O)C(F)(F)C(=O)NCC(F)(F)F)C(C)C)cc1.C[SiH](C)C(C)(C)C. The lowest BCUT2D eigenvalue weighted by molar-refractivity contribution is -0.167. The van der Waals surface area contributed by atoms with Gasteiger partial charge in [0, 0.05) is 26.7 Å². The van der Waals surface area contributed by atoms with E-state index in [1.807, 2.05) is 0 Å². The number of carbonyl (C=O) groups excluding carboxylic acids is 5. The molecule has 0 saturated carbocycles. The number of halogens is 5. The molecule has 4 N–H and O–H groups in total. The molecule has 10 nitrogen and oxygen atoms in total. The maximum Gasteiger partial charge on any atom is 0.405 e. The Hall–Kier alpha value is -4.18. The van der Waals surface area contributed by atoms with Crippen molar-refractivity contribution in [1.29, 1.82) is 0 Å². The maximum atomic E-state index is 14.7. The first-order chi connectivity index (χ1) is 23.5. The molecule has 3 atom stereocenters. The van der Waals surface area contributed by atoms with Gasteiger partial charge in [-0.1, -0.05) is 78.0 Å². The molecule has 16 heteroatoms. The Labute approximate surface area is 296 Å². The Morgan fingerprint density at radius 3 is 1.82 bits per heavy atom. The van der Waals surface area contributed by atoms with Crippen LogP contribution >= 0.6 is 0 Å². The number of ketones is 2. The minimum atomic E-state index is -5.01. The van der Waals surface area contributed by atoms with E-state index >= 15 is 0 Å². The summed E-state index contributed by atoms with van der Waals surface area (Å²) in [6.07, 6.45) is -5.96. The van der Waals surface area contributed by atoms with Crippen LogP contribution in [0, 0.1) is 11.8 Å². The van der Waals surface area contributed by atoms with E-state index in [0.29, 0.717) is 10.8 Å². The number of hydrogen-bond donors (Lipinski definition) is 4. The quantitative estimate of drug-likeness (QED) is 0.114.